The van der Waals surface area contributed by atoms with Crippen LogP contribution < -0.4 is 22.3 Å². The van der Waals surface area contributed by atoms with Crippen LogP contribution in [0.4, 0.5) is 11.4 Å². The topological polar surface area (TPSA) is 86.2 Å². The van der Waals surface area contributed by atoms with Crippen molar-refractivity contribution < 1.29 is 0 Å². The van der Waals surface area contributed by atoms with E-state index in [-0.39, 0.29) is 22.2 Å². The maximum atomic E-state index is 12.4. The normalized spacial score (nSPS) is 12.0. The van der Waals surface area contributed by atoms with Crippen LogP contribution in [0.5, 0.6) is 0 Å². The van der Waals surface area contributed by atoms with Gasteiger partial charge in [0.2, 0.25) is 10.9 Å². The van der Waals surface area contributed by atoms with E-state index in [1.54, 1.807) is 24.3 Å². The Kier molecular flexibility index (Phi) is 2.24. The lowest BCUT2D eigenvalue weighted by molar-refractivity contribution is 1.65. The van der Waals surface area contributed by atoms with E-state index in [1.807, 2.05) is 24.3 Å². The Balaban J connectivity index is 2.32. The molecule has 0 aliphatic carbocycles. The standard InChI is InChI=1S/C20H12N2O2/c21-15-7-13-14-8-16(22)20(24)12-6-2-4-10(18(12)14)9-3-1-5-11(17(9)13)19(15)23/h1-8H,21-22H2. The van der Waals surface area contributed by atoms with Crippen molar-refractivity contribution in [3.8, 4) is 0 Å². The number of anilines is 2. The molecule has 24 heavy (non-hydrogen) atoms. The lowest BCUT2D eigenvalue weighted by atomic mass is 9.89. The SMILES string of the molecule is Nc1cc2c3cc(N)c(=O)c4cccc(c5cccc(c1=O)c52)c43. The smallest absolute Gasteiger partial charge is 0.209 e. The second kappa shape index (κ2) is 4.11. The second-order valence-electron chi connectivity index (χ2n) is 6.14. The van der Waals surface area contributed by atoms with Crippen LogP contribution in [0.15, 0.2) is 58.1 Å². The molecule has 0 spiro atoms. The number of hydrogen-bond donors (Lipinski definition) is 2. The minimum atomic E-state index is -0.167. The third-order valence-electron chi connectivity index (χ3n) is 4.86. The summed E-state index contributed by atoms with van der Waals surface area (Å²) in [4.78, 5) is 24.9. The van der Waals surface area contributed by atoms with Crippen LogP contribution in [0.3, 0.4) is 0 Å². The van der Waals surface area contributed by atoms with E-state index in [0.29, 0.717) is 10.8 Å². The van der Waals surface area contributed by atoms with Gasteiger partial charge in [0, 0.05) is 21.5 Å². The molecule has 0 bridgehead atoms. The molecule has 0 unspecified atom stereocenters. The molecule has 0 aliphatic rings. The molecule has 114 valence electrons. The first kappa shape index (κ1) is 13.1. The van der Waals surface area contributed by atoms with Crippen LogP contribution >= 0.6 is 0 Å². The Morgan fingerprint density at radius 2 is 0.917 bits per heavy atom. The van der Waals surface area contributed by atoms with Gasteiger partial charge in [0.25, 0.3) is 0 Å². The summed E-state index contributed by atoms with van der Waals surface area (Å²) in [5.41, 5.74) is 12.0. The van der Waals surface area contributed by atoms with Gasteiger partial charge < -0.3 is 11.5 Å². The summed E-state index contributed by atoms with van der Waals surface area (Å²) in [7, 11) is 0. The predicted octanol–water partition coefficient (Wildman–Crippen LogP) is 3.06. The largest absolute Gasteiger partial charge is 0.396 e. The summed E-state index contributed by atoms with van der Waals surface area (Å²) in [5.74, 6) is 0. The zero-order valence-corrected chi connectivity index (χ0v) is 12.6. The molecule has 4 nitrogen and oxygen atoms in total. The minimum Gasteiger partial charge on any atom is -0.396 e. The molecule has 0 heterocycles. The molecular weight excluding hydrogens is 300 g/mol. The molecule has 0 saturated heterocycles. The van der Waals surface area contributed by atoms with E-state index < -0.39 is 0 Å². The summed E-state index contributed by atoms with van der Waals surface area (Å²) in [6.45, 7) is 0. The van der Waals surface area contributed by atoms with Crippen molar-refractivity contribution in [1.82, 2.24) is 0 Å². The number of benzene rings is 5. The summed E-state index contributed by atoms with van der Waals surface area (Å²) in [6, 6.07) is 14.6. The average Bonchev–Trinajstić information content (AvgIpc) is 2.60. The summed E-state index contributed by atoms with van der Waals surface area (Å²) >= 11 is 0. The Hall–Kier alpha value is -3.40. The highest BCUT2D eigenvalue weighted by atomic mass is 16.1. The van der Waals surface area contributed by atoms with Crippen LogP contribution in [0.25, 0.3) is 43.1 Å². The number of nitrogens with two attached hydrogens (primary N) is 2. The Morgan fingerprint density at radius 3 is 1.33 bits per heavy atom. The van der Waals surface area contributed by atoms with Gasteiger partial charge in [-0.3, -0.25) is 9.59 Å². The molecule has 0 radical (unpaired) electrons. The van der Waals surface area contributed by atoms with Gasteiger partial charge in [0.15, 0.2) is 0 Å². The fourth-order valence-corrected chi connectivity index (χ4v) is 3.83. The zero-order chi connectivity index (χ0) is 16.6. The van der Waals surface area contributed by atoms with Gasteiger partial charge in [-0.15, -0.1) is 0 Å². The number of hydrogen-bond acceptors (Lipinski definition) is 4. The number of fused-ring (bicyclic) bond motifs is 2. The fraction of sp³-hybridized carbons (Fsp3) is 0. The van der Waals surface area contributed by atoms with Gasteiger partial charge in [-0.2, -0.15) is 0 Å². The van der Waals surface area contributed by atoms with Crippen molar-refractivity contribution in [2.45, 2.75) is 0 Å². The van der Waals surface area contributed by atoms with Crippen molar-refractivity contribution in [1.29, 1.82) is 0 Å². The number of rotatable bonds is 0. The van der Waals surface area contributed by atoms with E-state index in [0.717, 1.165) is 32.3 Å². The maximum Gasteiger partial charge on any atom is 0.209 e. The molecular formula is C20H12N2O2. The third-order valence-corrected chi connectivity index (χ3v) is 4.86. The molecule has 4 heteroatoms. The first-order valence-corrected chi connectivity index (χ1v) is 7.63. The Morgan fingerprint density at radius 1 is 0.542 bits per heavy atom. The van der Waals surface area contributed by atoms with Crippen molar-refractivity contribution in [2.24, 2.45) is 0 Å². The van der Waals surface area contributed by atoms with E-state index in [4.69, 9.17) is 11.5 Å². The fourth-order valence-electron chi connectivity index (χ4n) is 3.83. The zero-order valence-electron chi connectivity index (χ0n) is 12.6. The van der Waals surface area contributed by atoms with Crippen LogP contribution in [0.1, 0.15) is 0 Å². The van der Waals surface area contributed by atoms with Gasteiger partial charge in [-0.1, -0.05) is 36.4 Å². The summed E-state index contributed by atoms with van der Waals surface area (Å²) in [6.07, 6.45) is 0. The van der Waals surface area contributed by atoms with Crippen molar-refractivity contribution in [2.75, 3.05) is 11.5 Å². The van der Waals surface area contributed by atoms with Crippen LogP contribution in [0, 0.1) is 0 Å². The van der Waals surface area contributed by atoms with Crippen LogP contribution in [0.2, 0.25) is 0 Å². The first-order chi connectivity index (χ1) is 11.6. The molecule has 5 rings (SSSR count). The molecule has 0 aliphatic heterocycles. The molecule has 5 aromatic rings. The molecule has 0 aromatic heterocycles. The average molecular weight is 312 g/mol. The highest BCUT2D eigenvalue weighted by Crippen LogP contribution is 2.39. The van der Waals surface area contributed by atoms with E-state index in [1.165, 1.54) is 0 Å². The van der Waals surface area contributed by atoms with Crippen molar-refractivity contribution >= 4 is 54.5 Å². The lowest BCUT2D eigenvalue weighted by Crippen LogP contribution is -2.10. The lowest BCUT2D eigenvalue weighted by Gasteiger charge is -2.14. The van der Waals surface area contributed by atoms with Gasteiger partial charge in [-0.25, -0.2) is 0 Å². The van der Waals surface area contributed by atoms with Crippen molar-refractivity contribution in [3.63, 3.8) is 0 Å². The maximum absolute atomic E-state index is 12.4. The predicted molar refractivity (Wildman–Crippen MR) is 100 cm³/mol. The van der Waals surface area contributed by atoms with Gasteiger partial charge in [0.05, 0.1) is 11.4 Å². The van der Waals surface area contributed by atoms with E-state index in [2.05, 4.69) is 0 Å². The van der Waals surface area contributed by atoms with E-state index in [9.17, 15) is 9.59 Å². The highest BCUT2D eigenvalue weighted by molar-refractivity contribution is 6.33. The summed E-state index contributed by atoms with van der Waals surface area (Å²) < 4.78 is 0. The molecule has 0 saturated carbocycles. The summed E-state index contributed by atoms with van der Waals surface area (Å²) in [5, 5.41) is 6.53. The van der Waals surface area contributed by atoms with Crippen LogP contribution in [-0.4, -0.2) is 0 Å². The molecule has 5 aromatic carbocycles. The molecule has 0 atom stereocenters. The van der Waals surface area contributed by atoms with Gasteiger partial charge in [0.1, 0.15) is 0 Å². The monoisotopic (exact) mass is 312 g/mol. The van der Waals surface area contributed by atoms with Gasteiger partial charge >= 0.3 is 0 Å². The minimum absolute atomic E-state index is 0.167. The highest BCUT2D eigenvalue weighted by Gasteiger charge is 2.17. The molecule has 0 amide bonds. The Labute approximate surface area is 135 Å². The van der Waals surface area contributed by atoms with Gasteiger partial charge in [-0.05, 0) is 33.7 Å². The number of nitrogen functional groups attached to an aromatic ring is 2. The Bertz CT molecular complexity index is 1300. The molecule has 0 fully saturated rings. The van der Waals surface area contributed by atoms with Crippen LogP contribution in [-0.2, 0) is 0 Å². The third kappa shape index (κ3) is 1.38. The first-order valence-electron chi connectivity index (χ1n) is 7.63. The molecule has 4 N–H and O–H groups in total. The van der Waals surface area contributed by atoms with E-state index >= 15 is 0 Å². The quantitative estimate of drug-likeness (QED) is 0.261. The second-order valence-corrected chi connectivity index (χ2v) is 6.14. The van der Waals surface area contributed by atoms with Crippen molar-refractivity contribution in [3.05, 3.63) is 69.0 Å².